The monoisotopic (exact) mass is 245 g/mol. The zero-order valence-corrected chi connectivity index (χ0v) is 10.7. The standard InChI is InChI=1S/C15H19NO2/c1-15(10-18-15)9-5-4-7-12-11-6-2-3-8-13(11)16-14(12)17/h2-3,6,8,12H,4-5,7,9-10H2,1H3,(H,16,17). The molecule has 2 heterocycles. The number of epoxide rings is 1. The number of unbranched alkanes of at least 4 members (excludes halogenated alkanes) is 1. The van der Waals surface area contributed by atoms with Gasteiger partial charge in [-0.1, -0.05) is 31.0 Å². The van der Waals surface area contributed by atoms with Crippen molar-refractivity contribution in [1.29, 1.82) is 0 Å². The first-order valence-electron chi connectivity index (χ1n) is 6.72. The average molecular weight is 245 g/mol. The highest BCUT2D eigenvalue weighted by atomic mass is 16.6. The fourth-order valence-corrected chi connectivity index (χ4v) is 2.68. The Labute approximate surface area is 108 Å². The number of para-hydroxylation sites is 1. The van der Waals surface area contributed by atoms with E-state index in [1.165, 1.54) is 0 Å². The van der Waals surface area contributed by atoms with Crippen molar-refractivity contribution in [2.24, 2.45) is 0 Å². The Morgan fingerprint density at radius 1 is 1.39 bits per heavy atom. The molecule has 96 valence electrons. The van der Waals surface area contributed by atoms with Gasteiger partial charge in [0.25, 0.3) is 0 Å². The fraction of sp³-hybridized carbons (Fsp3) is 0.533. The third-order valence-corrected chi connectivity index (χ3v) is 4.00. The SMILES string of the molecule is CC1(CCCCC2C(=O)Nc3ccccc32)CO1. The Kier molecular flexibility index (Phi) is 2.86. The molecule has 1 saturated heterocycles. The van der Waals surface area contributed by atoms with Gasteiger partial charge in [0.1, 0.15) is 0 Å². The van der Waals surface area contributed by atoms with Crippen molar-refractivity contribution in [3.63, 3.8) is 0 Å². The molecule has 2 aliphatic rings. The van der Waals surface area contributed by atoms with Crippen molar-refractivity contribution in [1.82, 2.24) is 0 Å². The highest BCUT2D eigenvalue weighted by molar-refractivity contribution is 6.02. The lowest BCUT2D eigenvalue weighted by Gasteiger charge is -2.09. The third kappa shape index (κ3) is 2.27. The van der Waals surface area contributed by atoms with E-state index in [4.69, 9.17) is 4.74 Å². The van der Waals surface area contributed by atoms with Gasteiger partial charge in [0.2, 0.25) is 5.91 Å². The lowest BCUT2D eigenvalue weighted by atomic mass is 9.93. The number of benzene rings is 1. The van der Waals surface area contributed by atoms with E-state index in [0.717, 1.165) is 43.5 Å². The number of hydrogen-bond donors (Lipinski definition) is 1. The van der Waals surface area contributed by atoms with Gasteiger partial charge in [-0.05, 0) is 31.4 Å². The van der Waals surface area contributed by atoms with E-state index in [1.807, 2.05) is 18.2 Å². The van der Waals surface area contributed by atoms with Crippen LogP contribution in [0.4, 0.5) is 5.69 Å². The number of hydrogen-bond acceptors (Lipinski definition) is 2. The summed E-state index contributed by atoms with van der Waals surface area (Å²) in [5.74, 6) is 0.208. The molecule has 3 nitrogen and oxygen atoms in total. The molecule has 3 rings (SSSR count). The van der Waals surface area contributed by atoms with Gasteiger partial charge in [0, 0.05) is 5.69 Å². The van der Waals surface area contributed by atoms with Crippen LogP contribution in [0.3, 0.4) is 0 Å². The number of carbonyl (C=O) groups excluding carboxylic acids is 1. The smallest absolute Gasteiger partial charge is 0.232 e. The molecule has 1 aromatic rings. The number of fused-ring (bicyclic) bond motifs is 1. The molecule has 0 aromatic heterocycles. The van der Waals surface area contributed by atoms with Gasteiger partial charge in [-0.25, -0.2) is 0 Å². The Morgan fingerprint density at radius 2 is 2.17 bits per heavy atom. The Hall–Kier alpha value is -1.35. The molecule has 0 bridgehead atoms. The number of rotatable bonds is 5. The molecule has 0 aliphatic carbocycles. The summed E-state index contributed by atoms with van der Waals surface area (Å²) < 4.78 is 5.37. The highest BCUT2D eigenvalue weighted by Crippen LogP contribution is 2.37. The second kappa shape index (κ2) is 4.39. The molecule has 2 atom stereocenters. The second-order valence-corrected chi connectivity index (χ2v) is 5.61. The Bertz CT molecular complexity index is 465. The molecule has 1 amide bonds. The van der Waals surface area contributed by atoms with Crippen molar-refractivity contribution >= 4 is 11.6 Å². The first kappa shape index (κ1) is 11.7. The molecule has 0 spiro atoms. The summed E-state index contributed by atoms with van der Waals surface area (Å²) in [7, 11) is 0. The average Bonchev–Trinajstić information content (AvgIpc) is 3.00. The molecular weight excluding hydrogens is 226 g/mol. The van der Waals surface area contributed by atoms with Crippen LogP contribution in [0.5, 0.6) is 0 Å². The second-order valence-electron chi connectivity index (χ2n) is 5.61. The van der Waals surface area contributed by atoms with Crippen LogP contribution in [0.15, 0.2) is 24.3 Å². The van der Waals surface area contributed by atoms with Crippen molar-refractivity contribution in [2.45, 2.75) is 44.1 Å². The summed E-state index contributed by atoms with van der Waals surface area (Å²) in [6.45, 7) is 3.06. The molecule has 1 N–H and O–H groups in total. The maximum atomic E-state index is 11.9. The number of anilines is 1. The molecule has 3 heteroatoms. The first-order chi connectivity index (χ1) is 8.68. The van der Waals surface area contributed by atoms with E-state index in [1.54, 1.807) is 0 Å². The highest BCUT2D eigenvalue weighted by Gasteiger charge is 2.38. The first-order valence-corrected chi connectivity index (χ1v) is 6.72. The number of ether oxygens (including phenoxy) is 1. The van der Waals surface area contributed by atoms with Crippen LogP contribution < -0.4 is 5.32 Å². The van der Waals surface area contributed by atoms with Crippen molar-refractivity contribution in [3.8, 4) is 0 Å². The lowest BCUT2D eigenvalue weighted by molar-refractivity contribution is -0.117. The Balaban J connectivity index is 1.54. The van der Waals surface area contributed by atoms with E-state index < -0.39 is 0 Å². The summed E-state index contributed by atoms with van der Waals surface area (Å²) in [4.78, 5) is 11.9. The van der Waals surface area contributed by atoms with E-state index in [2.05, 4.69) is 18.3 Å². The molecule has 2 aliphatic heterocycles. The summed E-state index contributed by atoms with van der Waals surface area (Å²) >= 11 is 0. The molecule has 1 aromatic carbocycles. The summed E-state index contributed by atoms with van der Waals surface area (Å²) in [5.41, 5.74) is 2.30. The zero-order valence-electron chi connectivity index (χ0n) is 10.7. The predicted octanol–water partition coefficient (Wildman–Crippen LogP) is 3.07. The minimum atomic E-state index is 0.0501. The largest absolute Gasteiger partial charge is 0.370 e. The van der Waals surface area contributed by atoms with Crippen molar-refractivity contribution in [3.05, 3.63) is 29.8 Å². The molecule has 0 radical (unpaired) electrons. The van der Waals surface area contributed by atoms with Crippen LogP contribution in [0.1, 0.15) is 44.1 Å². The molecule has 1 fully saturated rings. The quantitative estimate of drug-likeness (QED) is 0.640. The summed E-state index contributed by atoms with van der Waals surface area (Å²) in [6, 6.07) is 8.01. The van der Waals surface area contributed by atoms with Gasteiger partial charge in [-0.2, -0.15) is 0 Å². The van der Waals surface area contributed by atoms with Crippen LogP contribution in [-0.2, 0) is 9.53 Å². The predicted molar refractivity (Wildman–Crippen MR) is 70.6 cm³/mol. The van der Waals surface area contributed by atoms with Gasteiger partial charge in [-0.15, -0.1) is 0 Å². The Morgan fingerprint density at radius 3 is 2.94 bits per heavy atom. The minimum absolute atomic E-state index is 0.0501. The molecular formula is C15H19NO2. The van der Waals surface area contributed by atoms with E-state index in [9.17, 15) is 4.79 Å². The fourth-order valence-electron chi connectivity index (χ4n) is 2.68. The van der Waals surface area contributed by atoms with Crippen LogP contribution in [0, 0.1) is 0 Å². The van der Waals surface area contributed by atoms with E-state index in [0.29, 0.717) is 0 Å². The van der Waals surface area contributed by atoms with Gasteiger partial charge in [0.15, 0.2) is 0 Å². The summed E-state index contributed by atoms with van der Waals surface area (Å²) in [5, 5.41) is 2.95. The van der Waals surface area contributed by atoms with Gasteiger partial charge < -0.3 is 10.1 Å². The molecule has 2 unspecified atom stereocenters. The van der Waals surface area contributed by atoms with Crippen molar-refractivity contribution < 1.29 is 9.53 Å². The van der Waals surface area contributed by atoms with Crippen LogP contribution >= 0.6 is 0 Å². The van der Waals surface area contributed by atoms with Crippen LogP contribution in [-0.4, -0.2) is 18.1 Å². The van der Waals surface area contributed by atoms with Gasteiger partial charge in [0.05, 0.1) is 18.1 Å². The number of nitrogens with one attached hydrogen (secondary N) is 1. The third-order valence-electron chi connectivity index (χ3n) is 4.00. The zero-order chi connectivity index (χ0) is 12.6. The molecule has 0 saturated carbocycles. The van der Waals surface area contributed by atoms with E-state index >= 15 is 0 Å². The lowest BCUT2D eigenvalue weighted by Crippen LogP contribution is -2.12. The van der Waals surface area contributed by atoms with Crippen molar-refractivity contribution in [2.75, 3.05) is 11.9 Å². The normalized spacial score (nSPS) is 28.9. The molecule has 18 heavy (non-hydrogen) atoms. The summed E-state index contributed by atoms with van der Waals surface area (Å²) in [6.07, 6.45) is 4.29. The van der Waals surface area contributed by atoms with Crippen LogP contribution in [0.25, 0.3) is 0 Å². The van der Waals surface area contributed by atoms with Crippen LogP contribution in [0.2, 0.25) is 0 Å². The minimum Gasteiger partial charge on any atom is -0.370 e. The maximum Gasteiger partial charge on any atom is 0.232 e. The van der Waals surface area contributed by atoms with Gasteiger partial charge in [-0.3, -0.25) is 4.79 Å². The topological polar surface area (TPSA) is 41.6 Å². The maximum absolute atomic E-state index is 11.9. The van der Waals surface area contributed by atoms with E-state index in [-0.39, 0.29) is 17.4 Å². The number of amides is 1. The van der Waals surface area contributed by atoms with Gasteiger partial charge >= 0.3 is 0 Å². The number of carbonyl (C=O) groups is 1.